The Hall–Kier alpha value is -1.64. The van der Waals surface area contributed by atoms with E-state index in [-0.39, 0.29) is 12.2 Å². The van der Waals surface area contributed by atoms with E-state index < -0.39 is 0 Å². The van der Waals surface area contributed by atoms with Crippen molar-refractivity contribution in [2.45, 2.75) is 83.8 Å². The SMILES string of the molecule is CCCCCCCc1ccc(-c2ccc([C@H]3CO[C@H](CCCC)CO3)cc2)cc1. The highest BCUT2D eigenvalue weighted by Crippen LogP contribution is 2.27. The summed E-state index contributed by atoms with van der Waals surface area (Å²) in [6.45, 7) is 5.87. The molecule has 158 valence electrons. The van der Waals surface area contributed by atoms with Crippen molar-refractivity contribution >= 4 is 0 Å². The molecule has 0 spiro atoms. The monoisotopic (exact) mass is 394 g/mol. The lowest BCUT2D eigenvalue weighted by atomic mass is 9.99. The highest BCUT2D eigenvalue weighted by molar-refractivity contribution is 5.64. The third-order valence-corrected chi connectivity index (χ3v) is 5.98. The van der Waals surface area contributed by atoms with Crippen LogP contribution in [0.5, 0.6) is 0 Å². The Morgan fingerprint density at radius 2 is 1.34 bits per heavy atom. The van der Waals surface area contributed by atoms with Gasteiger partial charge in [0.05, 0.1) is 19.3 Å². The van der Waals surface area contributed by atoms with Crippen molar-refractivity contribution in [2.75, 3.05) is 13.2 Å². The highest BCUT2D eigenvalue weighted by atomic mass is 16.6. The zero-order valence-electron chi connectivity index (χ0n) is 18.4. The minimum Gasteiger partial charge on any atom is -0.373 e. The number of aryl methyl sites for hydroxylation is 1. The molecule has 0 radical (unpaired) electrons. The van der Waals surface area contributed by atoms with Crippen LogP contribution in [0.1, 0.15) is 82.4 Å². The molecule has 1 fully saturated rings. The standard InChI is InChI=1S/C27H38O2/c1-3-5-7-8-9-10-22-12-14-23(15-13-22)24-16-18-25(19-17-24)27-21-28-26(20-29-27)11-6-4-2/h12-19,26-27H,3-11,20-21H2,1-2H3/t26-,27-/m1/s1. The van der Waals surface area contributed by atoms with Crippen LogP contribution in [0.25, 0.3) is 11.1 Å². The van der Waals surface area contributed by atoms with E-state index in [4.69, 9.17) is 9.47 Å². The summed E-state index contributed by atoms with van der Waals surface area (Å²) in [5, 5.41) is 0. The Labute approximate surface area is 177 Å². The fraction of sp³-hybridized carbons (Fsp3) is 0.556. The molecule has 1 saturated heterocycles. The molecule has 2 nitrogen and oxygen atoms in total. The first-order valence-corrected chi connectivity index (χ1v) is 11.7. The predicted octanol–water partition coefficient (Wildman–Crippen LogP) is 7.51. The minimum atomic E-state index is 0.0667. The van der Waals surface area contributed by atoms with Gasteiger partial charge in [-0.1, -0.05) is 101 Å². The molecule has 1 aliphatic heterocycles. The van der Waals surface area contributed by atoms with E-state index >= 15 is 0 Å². The summed E-state index contributed by atoms with van der Waals surface area (Å²) >= 11 is 0. The normalized spacial score (nSPS) is 19.4. The second-order valence-electron chi connectivity index (χ2n) is 8.40. The highest BCUT2D eigenvalue weighted by Gasteiger charge is 2.23. The molecule has 1 aliphatic rings. The summed E-state index contributed by atoms with van der Waals surface area (Å²) in [5.74, 6) is 0. The van der Waals surface area contributed by atoms with Crippen LogP contribution in [0.15, 0.2) is 48.5 Å². The lowest BCUT2D eigenvalue weighted by Crippen LogP contribution is -2.31. The van der Waals surface area contributed by atoms with Gasteiger partial charge in [0.1, 0.15) is 6.10 Å². The van der Waals surface area contributed by atoms with Gasteiger partial charge in [0.15, 0.2) is 0 Å². The van der Waals surface area contributed by atoms with E-state index in [0.717, 1.165) is 6.42 Å². The Balaban J connectivity index is 1.48. The number of hydrogen-bond donors (Lipinski definition) is 0. The summed E-state index contributed by atoms with van der Waals surface area (Å²) < 4.78 is 12.1. The summed E-state index contributed by atoms with van der Waals surface area (Å²) in [6.07, 6.45) is 11.8. The van der Waals surface area contributed by atoms with Crippen LogP contribution in [-0.2, 0) is 15.9 Å². The largest absolute Gasteiger partial charge is 0.373 e. The maximum atomic E-state index is 6.07. The first-order chi connectivity index (χ1) is 14.3. The zero-order valence-corrected chi connectivity index (χ0v) is 18.4. The van der Waals surface area contributed by atoms with E-state index in [1.807, 2.05) is 0 Å². The summed E-state index contributed by atoms with van der Waals surface area (Å²) in [6, 6.07) is 17.9. The molecule has 0 aliphatic carbocycles. The van der Waals surface area contributed by atoms with Crippen LogP contribution in [0.4, 0.5) is 0 Å². The molecular formula is C27H38O2. The summed E-state index contributed by atoms with van der Waals surface area (Å²) in [7, 11) is 0. The summed E-state index contributed by atoms with van der Waals surface area (Å²) in [4.78, 5) is 0. The topological polar surface area (TPSA) is 18.5 Å². The number of rotatable bonds is 11. The fourth-order valence-electron chi connectivity index (χ4n) is 4.02. The van der Waals surface area contributed by atoms with Gasteiger partial charge in [0.2, 0.25) is 0 Å². The molecule has 0 bridgehead atoms. The second-order valence-corrected chi connectivity index (χ2v) is 8.40. The van der Waals surface area contributed by atoms with Crippen LogP contribution in [-0.4, -0.2) is 19.3 Å². The van der Waals surface area contributed by atoms with Crippen LogP contribution in [0, 0.1) is 0 Å². The molecule has 2 atom stereocenters. The molecule has 0 N–H and O–H groups in total. The van der Waals surface area contributed by atoms with Crippen molar-refractivity contribution in [1.82, 2.24) is 0 Å². The van der Waals surface area contributed by atoms with Crippen molar-refractivity contribution in [3.63, 3.8) is 0 Å². The van der Waals surface area contributed by atoms with Gasteiger partial charge < -0.3 is 9.47 Å². The first kappa shape index (κ1) is 22.1. The molecule has 0 unspecified atom stereocenters. The van der Waals surface area contributed by atoms with Gasteiger partial charge in [-0.15, -0.1) is 0 Å². The Kier molecular flexibility index (Phi) is 9.24. The van der Waals surface area contributed by atoms with Gasteiger partial charge in [0.25, 0.3) is 0 Å². The molecule has 1 heterocycles. The number of benzene rings is 2. The number of ether oxygens (including phenoxy) is 2. The van der Waals surface area contributed by atoms with Gasteiger partial charge in [-0.2, -0.15) is 0 Å². The molecule has 0 amide bonds. The predicted molar refractivity (Wildman–Crippen MR) is 122 cm³/mol. The smallest absolute Gasteiger partial charge is 0.106 e. The Bertz CT molecular complexity index is 681. The van der Waals surface area contributed by atoms with Crippen molar-refractivity contribution < 1.29 is 9.47 Å². The molecular weight excluding hydrogens is 356 g/mol. The van der Waals surface area contributed by atoms with Crippen molar-refractivity contribution in [1.29, 1.82) is 0 Å². The Morgan fingerprint density at radius 3 is 1.97 bits per heavy atom. The molecule has 0 saturated carbocycles. The van der Waals surface area contributed by atoms with Gasteiger partial charge in [-0.25, -0.2) is 0 Å². The Morgan fingerprint density at radius 1 is 0.690 bits per heavy atom. The maximum Gasteiger partial charge on any atom is 0.106 e. The van der Waals surface area contributed by atoms with Crippen LogP contribution < -0.4 is 0 Å². The molecule has 3 rings (SSSR count). The van der Waals surface area contributed by atoms with E-state index in [2.05, 4.69) is 62.4 Å². The van der Waals surface area contributed by atoms with Gasteiger partial charge in [0, 0.05) is 0 Å². The van der Waals surface area contributed by atoms with E-state index in [1.54, 1.807) is 0 Å². The number of unbranched alkanes of at least 4 members (excludes halogenated alkanes) is 5. The molecule has 2 heteroatoms. The average Bonchev–Trinajstić information content (AvgIpc) is 2.78. The summed E-state index contributed by atoms with van der Waals surface area (Å²) in [5.41, 5.74) is 5.21. The first-order valence-electron chi connectivity index (χ1n) is 11.7. The molecule has 29 heavy (non-hydrogen) atoms. The number of hydrogen-bond acceptors (Lipinski definition) is 2. The van der Waals surface area contributed by atoms with E-state index in [1.165, 1.54) is 73.6 Å². The third kappa shape index (κ3) is 6.97. The fourth-order valence-corrected chi connectivity index (χ4v) is 4.02. The molecule has 0 aromatic heterocycles. The molecule has 2 aromatic carbocycles. The van der Waals surface area contributed by atoms with Crippen LogP contribution in [0.2, 0.25) is 0 Å². The lowest BCUT2D eigenvalue weighted by Gasteiger charge is -2.30. The second kappa shape index (κ2) is 12.1. The third-order valence-electron chi connectivity index (χ3n) is 5.98. The van der Waals surface area contributed by atoms with Crippen molar-refractivity contribution in [3.05, 3.63) is 59.7 Å². The van der Waals surface area contributed by atoms with Gasteiger partial charge >= 0.3 is 0 Å². The minimum absolute atomic E-state index is 0.0667. The van der Waals surface area contributed by atoms with Gasteiger partial charge in [-0.3, -0.25) is 0 Å². The zero-order chi connectivity index (χ0) is 20.3. The quantitative estimate of drug-likeness (QED) is 0.367. The lowest BCUT2D eigenvalue weighted by molar-refractivity contribution is -0.137. The van der Waals surface area contributed by atoms with E-state index in [9.17, 15) is 0 Å². The van der Waals surface area contributed by atoms with Crippen molar-refractivity contribution in [2.24, 2.45) is 0 Å². The van der Waals surface area contributed by atoms with Crippen LogP contribution >= 0.6 is 0 Å². The maximum absolute atomic E-state index is 6.07. The average molecular weight is 395 g/mol. The molecule has 2 aromatic rings. The van der Waals surface area contributed by atoms with Crippen LogP contribution in [0.3, 0.4) is 0 Å². The van der Waals surface area contributed by atoms with Gasteiger partial charge in [-0.05, 0) is 41.5 Å². The van der Waals surface area contributed by atoms with E-state index in [0.29, 0.717) is 13.2 Å². The van der Waals surface area contributed by atoms with Crippen molar-refractivity contribution in [3.8, 4) is 11.1 Å².